The van der Waals surface area contributed by atoms with Crippen LogP contribution in [0.3, 0.4) is 0 Å². The fourth-order valence-corrected chi connectivity index (χ4v) is 4.56. The molecule has 1 aromatic carbocycles. The molecule has 0 saturated carbocycles. The summed E-state index contributed by atoms with van der Waals surface area (Å²) in [4.78, 5) is 32.9. The minimum atomic E-state index is -4.05. The van der Waals surface area contributed by atoms with Crippen LogP contribution in [0.15, 0.2) is 23.1 Å². The van der Waals surface area contributed by atoms with E-state index in [4.69, 9.17) is 16.3 Å². The van der Waals surface area contributed by atoms with Crippen LogP contribution in [0.1, 0.15) is 12.8 Å². The molecule has 0 spiro atoms. The molecule has 1 aliphatic heterocycles. The van der Waals surface area contributed by atoms with E-state index in [1.807, 2.05) is 0 Å². The van der Waals surface area contributed by atoms with E-state index < -0.39 is 39.3 Å². The first-order valence-electron chi connectivity index (χ1n) is 7.98. The number of ether oxygens (including phenoxy) is 1. The van der Waals surface area contributed by atoms with Crippen molar-refractivity contribution in [2.24, 2.45) is 5.92 Å². The van der Waals surface area contributed by atoms with Crippen molar-refractivity contribution in [3.8, 4) is 0 Å². The van der Waals surface area contributed by atoms with Crippen LogP contribution in [0, 0.1) is 16.0 Å². The molecule has 2 rings (SSSR count). The highest BCUT2D eigenvalue weighted by atomic mass is 35.5. The summed E-state index contributed by atoms with van der Waals surface area (Å²) in [5.74, 6) is -1.53. The zero-order valence-electron chi connectivity index (χ0n) is 14.4. The third-order valence-electron chi connectivity index (χ3n) is 4.16. The molecule has 0 aliphatic carbocycles. The third-order valence-corrected chi connectivity index (χ3v) is 6.54. The monoisotopic (exact) mass is 419 g/mol. The van der Waals surface area contributed by atoms with E-state index in [1.165, 1.54) is 7.05 Å². The standard InChI is InChI=1S/C15H18ClN3O7S/c1-17-14(20)9-26-15(21)10-4-6-18(7-5-10)27(24,25)13-8-11(19(22)23)2-3-12(13)16/h2-3,8,10H,4-7,9H2,1H3,(H,17,20). The largest absolute Gasteiger partial charge is 0.455 e. The summed E-state index contributed by atoms with van der Waals surface area (Å²) in [6, 6.07) is 3.20. The average Bonchev–Trinajstić information content (AvgIpc) is 2.65. The van der Waals surface area contributed by atoms with E-state index in [0.717, 1.165) is 22.5 Å². The van der Waals surface area contributed by atoms with Gasteiger partial charge in [-0.3, -0.25) is 19.7 Å². The lowest BCUT2D eigenvalue weighted by Crippen LogP contribution is -2.41. The van der Waals surface area contributed by atoms with Crippen molar-refractivity contribution in [1.29, 1.82) is 0 Å². The topological polar surface area (TPSA) is 136 Å². The highest BCUT2D eigenvalue weighted by molar-refractivity contribution is 7.89. The van der Waals surface area contributed by atoms with Gasteiger partial charge in [-0.15, -0.1) is 0 Å². The van der Waals surface area contributed by atoms with Gasteiger partial charge in [-0.05, 0) is 18.9 Å². The van der Waals surface area contributed by atoms with Gasteiger partial charge in [0.25, 0.3) is 11.6 Å². The Morgan fingerprint density at radius 2 is 2.00 bits per heavy atom. The number of sulfonamides is 1. The molecule has 1 aromatic rings. The zero-order chi connectivity index (χ0) is 20.2. The Labute approximate surface area is 160 Å². The molecule has 27 heavy (non-hydrogen) atoms. The first-order chi connectivity index (χ1) is 12.7. The summed E-state index contributed by atoms with van der Waals surface area (Å²) in [5, 5.41) is 13.1. The number of hydrogen-bond donors (Lipinski definition) is 1. The fraction of sp³-hybridized carbons (Fsp3) is 0.467. The number of rotatable bonds is 6. The molecule has 0 unspecified atom stereocenters. The summed E-state index contributed by atoms with van der Waals surface area (Å²) in [6.07, 6.45) is 0.413. The fourth-order valence-electron chi connectivity index (χ4n) is 2.60. The van der Waals surface area contributed by atoms with Crippen LogP contribution in [-0.2, 0) is 24.3 Å². The Morgan fingerprint density at radius 1 is 1.37 bits per heavy atom. The zero-order valence-corrected chi connectivity index (χ0v) is 16.0. The number of hydrogen-bond acceptors (Lipinski definition) is 7. The second-order valence-corrected chi connectivity index (χ2v) is 8.14. The smallest absolute Gasteiger partial charge is 0.309 e. The molecule has 12 heteroatoms. The van der Waals surface area contributed by atoms with Gasteiger partial charge in [-0.2, -0.15) is 4.31 Å². The highest BCUT2D eigenvalue weighted by Gasteiger charge is 2.34. The third kappa shape index (κ3) is 4.93. The molecule has 0 bridgehead atoms. The molecule has 1 fully saturated rings. The minimum absolute atomic E-state index is 0.0289. The molecule has 1 N–H and O–H groups in total. The molecule has 1 aliphatic rings. The summed E-state index contributed by atoms with van der Waals surface area (Å²) >= 11 is 5.93. The van der Waals surface area contributed by atoms with E-state index in [-0.39, 0.29) is 41.5 Å². The number of benzene rings is 1. The van der Waals surface area contributed by atoms with Gasteiger partial charge in [0.2, 0.25) is 10.0 Å². The Morgan fingerprint density at radius 3 is 2.56 bits per heavy atom. The molecule has 1 amide bonds. The first-order valence-corrected chi connectivity index (χ1v) is 9.80. The van der Waals surface area contributed by atoms with E-state index >= 15 is 0 Å². The normalized spacial score (nSPS) is 15.9. The molecule has 0 atom stereocenters. The lowest BCUT2D eigenvalue weighted by molar-refractivity contribution is -0.385. The highest BCUT2D eigenvalue weighted by Crippen LogP contribution is 2.31. The Balaban J connectivity index is 2.07. The van der Waals surface area contributed by atoms with Crippen LogP contribution in [-0.4, -0.2) is 56.3 Å². The van der Waals surface area contributed by atoms with Crippen LogP contribution in [0.5, 0.6) is 0 Å². The van der Waals surface area contributed by atoms with Gasteiger partial charge in [0.15, 0.2) is 6.61 Å². The van der Waals surface area contributed by atoms with Crippen molar-refractivity contribution in [3.05, 3.63) is 33.3 Å². The maximum Gasteiger partial charge on any atom is 0.309 e. The van der Waals surface area contributed by atoms with Gasteiger partial charge in [-0.1, -0.05) is 11.6 Å². The van der Waals surface area contributed by atoms with E-state index in [9.17, 15) is 28.1 Å². The molecule has 10 nitrogen and oxygen atoms in total. The number of likely N-dealkylation sites (N-methyl/N-ethyl adjacent to an activating group) is 1. The summed E-state index contributed by atoms with van der Waals surface area (Å²) in [5.41, 5.74) is -0.384. The molecule has 1 heterocycles. The average molecular weight is 420 g/mol. The van der Waals surface area contributed by atoms with Crippen LogP contribution in [0.25, 0.3) is 0 Å². The molecule has 1 saturated heterocycles. The van der Waals surface area contributed by atoms with Gasteiger partial charge < -0.3 is 10.1 Å². The molecular weight excluding hydrogens is 402 g/mol. The Kier molecular flexibility index (Phi) is 6.73. The van der Waals surface area contributed by atoms with Crippen molar-refractivity contribution in [2.75, 3.05) is 26.7 Å². The predicted octanol–water partition coefficient (Wildman–Crippen LogP) is 0.938. The number of carbonyl (C=O) groups excluding carboxylic acids is 2. The summed E-state index contributed by atoms with van der Waals surface area (Å²) in [7, 11) is -2.63. The summed E-state index contributed by atoms with van der Waals surface area (Å²) in [6.45, 7) is -0.334. The van der Waals surface area contributed by atoms with Crippen LogP contribution in [0.4, 0.5) is 5.69 Å². The lowest BCUT2D eigenvalue weighted by Gasteiger charge is -2.30. The van der Waals surface area contributed by atoms with Gasteiger partial charge in [0.05, 0.1) is 15.9 Å². The number of piperidine rings is 1. The van der Waals surface area contributed by atoms with Crippen LogP contribution in [0.2, 0.25) is 5.02 Å². The van der Waals surface area contributed by atoms with Gasteiger partial charge >= 0.3 is 5.97 Å². The number of carbonyl (C=O) groups is 2. The number of non-ortho nitro benzene ring substituents is 1. The maximum absolute atomic E-state index is 12.8. The maximum atomic E-state index is 12.8. The molecule has 0 aromatic heterocycles. The van der Waals surface area contributed by atoms with Crippen molar-refractivity contribution in [1.82, 2.24) is 9.62 Å². The van der Waals surface area contributed by atoms with E-state index in [2.05, 4.69) is 5.32 Å². The molecule has 148 valence electrons. The second kappa shape index (κ2) is 8.63. The minimum Gasteiger partial charge on any atom is -0.455 e. The number of esters is 1. The first kappa shape index (κ1) is 21.1. The van der Waals surface area contributed by atoms with Crippen molar-refractivity contribution in [2.45, 2.75) is 17.7 Å². The van der Waals surface area contributed by atoms with Crippen molar-refractivity contribution in [3.63, 3.8) is 0 Å². The Bertz CT molecular complexity index is 851. The second-order valence-electron chi connectivity index (χ2n) is 5.83. The number of halogens is 1. The summed E-state index contributed by atoms with van der Waals surface area (Å²) < 4.78 is 31.5. The van der Waals surface area contributed by atoms with Crippen LogP contribution < -0.4 is 5.32 Å². The van der Waals surface area contributed by atoms with Gasteiger partial charge in [-0.25, -0.2) is 8.42 Å². The quantitative estimate of drug-likeness (QED) is 0.411. The van der Waals surface area contributed by atoms with Gasteiger partial charge in [0.1, 0.15) is 4.90 Å². The van der Waals surface area contributed by atoms with E-state index in [0.29, 0.717) is 0 Å². The molecular formula is C15H18ClN3O7S. The number of nitro groups is 1. The van der Waals surface area contributed by atoms with Crippen LogP contribution >= 0.6 is 11.6 Å². The predicted molar refractivity (Wildman–Crippen MR) is 94.6 cm³/mol. The van der Waals surface area contributed by atoms with Crippen molar-refractivity contribution < 1.29 is 27.7 Å². The SMILES string of the molecule is CNC(=O)COC(=O)C1CCN(S(=O)(=O)c2cc([N+](=O)[O-])ccc2Cl)CC1. The molecule has 0 radical (unpaired) electrons. The van der Waals surface area contributed by atoms with E-state index in [1.54, 1.807) is 0 Å². The number of nitrogens with one attached hydrogen (secondary N) is 1. The van der Waals surface area contributed by atoms with Crippen molar-refractivity contribution >= 4 is 39.2 Å². The Hall–Kier alpha value is -2.24. The number of nitrogens with zero attached hydrogens (tertiary/aromatic N) is 2. The number of nitro benzene ring substituents is 1. The van der Waals surface area contributed by atoms with Gasteiger partial charge in [0, 0.05) is 32.3 Å². The lowest BCUT2D eigenvalue weighted by atomic mass is 9.98. The number of amides is 1.